The zero-order chi connectivity index (χ0) is 10.7. The fourth-order valence-electron chi connectivity index (χ4n) is 1.90. The van der Waals surface area contributed by atoms with E-state index in [0.29, 0.717) is 0 Å². The maximum absolute atomic E-state index is 4.29. The zero-order valence-electron chi connectivity index (χ0n) is 9.61. The van der Waals surface area contributed by atoms with Crippen molar-refractivity contribution in [2.24, 2.45) is 0 Å². The Hall–Kier alpha value is -1.09. The van der Waals surface area contributed by atoms with Crippen LogP contribution in [0.5, 0.6) is 0 Å². The molecule has 82 valence electrons. The first-order valence-corrected chi connectivity index (χ1v) is 5.67. The lowest BCUT2D eigenvalue weighted by molar-refractivity contribution is 0.313. The van der Waals surface area contributed by atoms with Crippen LogP contribution in [-0.2, 0) is 6.42 Å². The smallest absolute Gasteiger partial charge is 0.0556 e. The monoisotopic (exact) mass is 205 g/mol. The number of nitrogens with zero attached hydrogens (tertiary/aromatic N) is 3. The largest absolute Gasteiger partial charge is 0.368 e. The molecule has 0 unspecified atom stereocenters. The van der Waals surface area contributed by atoms with Gasteiger partial charge in [-0.3, -0.25) is 4.98 Å². The Morgan fingerprint density at radius 2 is 1.93 bits per heavy atom. The fraction of sp³-hybridized carbons (Fsp3) is 0.583. The summed E-state index contributed by atoms with van der Waals surface area (Å²) in [5.74, 6) is 0. The van der Waals surface area contributed by atoms with Gasteiger partial charge in [0.2, 0.25) is 0 Å². The quantitative estimate of drug-likeness (QED) is 0.727. The van der Waals surface area contributed by atoms with E-state index >= 15 is 0 Å². The molecular weight excluding hydrogens is 186 g/mol. The van der Waals surface area contributed by atoms with E-state index in [4.69, 9.17) is 0 Å². The van der Waals surface area contributed by atoms with E-state index in [-0.39, 0.29) is 0 Å². The van der Waals surface area contributed by atoms with Gasteiger partial charge in [0.15, 0.2) is 0 Å². The molecule has 1 aromatic heterocycles. The van der Waals surface area contributed by atoms with E-state index in [9.17, 15) is 0 Å². The molecule has 3 nitrogen and oxygen atoms in total. The predicted octanol–water partition coefficient (Wildman–Crippen LogP) is 1.40. The van der Waals surface area contributed by atoms with Crippen molar-refractivity contribution in [2.75, 3.05) is 38.1 Å². The van der Waals surface area contributed by atoms with Crippen molar-refractivity contribution < 1.29 is 0 Å². The molecule has 1 aliphatic heterocycles. The predicted molar refractivity (Wildman–Crippen MR) is 63.3 cm³/mol. The van der Waals surface area contributed by atoms with Crippen LogP contribution in [0.3, 0.4) is 0 Å². The van der Waals surface area contributed by atoms with Crippen LogP contribution in [0.25, 0.3) is 0 Å². The van der Waals surface area contributed by atoms with E-state index in [2.05, 4.69) is 34.8 Å². The number of hydrogen-bond acceptors (Lipinski definition) is 3. The Morgan fingerprint density at radius 1 is 1.20 bits per heavy atom. The van der Waals surface area contributed by atoms with Crippen molar-refractivity contribution >= 4 is 5.69 Å². The Labute approximate surface area is 91.7 Å². The summed E-state index contributed by atoms with van der Waals surface area (Å²) in [7, 11) is 2.18. The van der Waals surface area contributed by atoms with Crippen LogP contribution in [-0.4, -0.2) is 43.1 Å². The Kier molecular flexibility index (Phi) is 3.21. The molecule has 0 saturated carbocycles. The summed E-state index contributed by atoms with van der Waals surface area (Å²) < 4.78 is 0. The second-order valence-corrected chi connectivity index (χ2v) is 4.20. The van der Waals surface area contributed by atoms with Gasteiger partial charge in [0.25, 0.3) is 0 Å². The summed E-state index contributed by atoms with van der Waals surface area (Å²) in [6.45, 7) is 6.70. The van der Waals surface area contributed by atoms with Crippen LogP contribution in [0, 0.1) is 0 Å². The number of pyridine rings is 1. The normalized spacial score (nSPS) is 18.1. The van der Waals surface area contributed by atoms with Crippen molar-refractivity contribution in [3.05, 3.63) is 24.0 Å². The van der Waals surface area contributed by atoms with E-state index < -0.39 is 0 Å². The van der Waals surface area contributed by atoms with Gasteiger partial charge in [-0.1, -0.05) is 6.92 Å². The summed E-state index contributed by atoms with van der Waals surface area (Å²) in [5, 5.41) is 0. The van der Waals surface area contributed by atoms with Crippen molar-refractivity contribution in [3.63, 3.8) is 0 Å². The first-order valence-electron chi connectivity index (χ1n) is 5.67. The molecule has 1 aromatic rings. The summed E-state index contributed by atoms with van der Waals surface area (Å²) in [5.41, 5.74) is 2.61. The topological polar surface area (TPSA) is 19.4 Å². The van der Waals surface area contributed by atoms with Crippen LogP contribution in [0.15, 0.2) is 18.5 Å². The number of aryl methyl sites for hydroxylation is 1. The molecule has 1 saturated heterocycles. The standard InChI is InChI=1S/C12H19N3/c1-3-11-8-12(10-13-9-11)15-6-4-14(2)5-7-15/h8-10H,3-7H2,1-2H3. The summed E-state index contributed by atoms with van der Waals surface area (Å²) >= 11 is 0. The average Bonchev–Trinajstić information content (AvgIpc) is 2.30. The molecule has 0 N–H and O–H groups in total. The van der Waals surface area contributed by atoms with E-state index in [1.807, 2.05) is 12.4 Å². The van der Waals surface area contributed by atoms with Gasteiger partial charge in [-0.15, -0.1) is 0 Å². The third kappa shape index (κ3) is 2.48. The van der Waals surface area contributed by atoms with Crippen LogP contribution in [0.4, 0.5) is 5.69 Å². The molecule has 0 atom stereocenters. The van der Waals surface area contributed by atoms with Gasteiger partial charge in [0, 0.05) is 32.4 Å². The molecule has 2 rings (SSSR count). The fourth-order valence-corrected chi connectivity index (χ4v) is 1.90. The van der Waals surface area contributed by atoms with Crippen molar-refractivity contribution in [1.82, 2.24) is 9.88 Å². The van der Waals surface area contributed by atoms with Crippen molar-refractivity contribution in [3.8, 4) is 0 Å². The Bertz CT molecular complexity index is 316. The molecule has 0 aliphatic carbocycles. The van der Waals surface area contributed by atoms with Crippen LogP contribution in [0.2, 0.25) is 0 Å². The van der Waals surface area contributed by atoms with Gasteiger partial charge in [-0.05, 0) is 25.1 Å². The van der Waals surface area contributed by atoms with Gasteiger partial charge in [0.05, 0.1) is 11.9 Å². The van der Waals surface area contributed by atoms with Crippen molar-refractivity contribution in [1.29, 1.82) is 0 Å². The molecule has 0 bridgehead atoms. The van der Waals surface area contributed by atoms with Crippen LogP contribution < -0.4 is 4.90 Å². The summed E-state index contributed by atoms with van der Waals surface area (Å²) in [6, 6.07) is 2.26. The molecule has 1 aliphatic rings. The van der Waals surface area contributed by atoms with Crippen molar-refractivity contribution in [2.45, 2.75) is 13.3 Å². The number of hydrogen-bond donors (Lipinski definition) is 0. The highest BCUT2D eigenvalue weighted by atomic mass is 15.2. The van der Waals surface area contributed by atoms with Gasteiger partial charge in [0.1, 0.15) is 0 Å². The molecule has 0 amide bonds. The molecule has 0 aromatic carbocycles. The highest BCUT2D eigenvalue weighted by molar-refractivity contribution is 5.46. The molecule has 3 heteroatoms. The molecule has 0 radical (unpaired) electrons. The molecule has 0 spiro atoms. The van der Waals surface area contributed by atoms with Gasteiger partial charge < -0.3 is 9.80 Å². The Balaban J connectivity index is 2.08. The van der Waals surface area contributed by atoms with Gasteiger partial charge in [-0.25, -0.2) is 0 Å². The minimum atomic E-state index is 1.06. The first-order chi connectivity index (χ1) is 7.29. The summed E-state index contributed by atoms with van der Waals surface area (Å²) in [6.07, 6.45) is 5.00. The minimum Gasteiger partial charge on any atom is -0.368 e. The lowest BCUT2D eigenvalue weighted by atomic mass is 10.2. The number of aromatic nitrogens is 1. The second kappa shape index (κ2) is 4.62. The number of anilines is 1. The van der Waals surface area contributed by atoms with Crippen LogP contribution in [0.1, 0.15) is 12.5 Å². The minimum absolute atomic E-state index is 1.06. The van der Waals surface area contributed by atoms with Gasteiger partial charge >= 0.3 is 0 Å². The zero-order valence-corrected chi connectivity index (χ0v) is 9.61. The van der Waals surface area contributed by atoms with E-state index in [1.54, 1.807) is 0 Å². The molecular formula is C12H19N3. The maximum Gasteiger partial charge on any atom is 0.0556 e. The molecule has 2 heterocycles. The molecule has 1 fully saturated rings. The SMILES string of the molecule is CCc1cncc(N2CCN(C)CC2)c1. The van der Waals surface area contributed by atoms with E-state index in [0.717, 1.165) is 32.6 Å². The lowest BCUT2D eigenvalue weighted by Crippen LogP contribution is -2.44. The third-order valence-corrected chi connectivity index (χ3v) is 3.06. The van der Waals surface area contributed by atoms with E-state index in [1.165, 1.54) is 11.3 Å². The highest BCUT2D eigenvalue weighted by Gasteiger charge is 2.14. The molecule has 15 heavy (non-hydrogen) atoms. The number of likely N-dealkylation sites (N-methyl/N-ethyl adjacent to an activating group) is 1. The third-order valence-electron chi connectivity index (χ3n) is 3.06. The first kappa shape index (κ1) is 10.4. The number of piperazine rings is 1. The maximum atomic E-state index is 4.29. The summed E-state index contributed by atoms with van der Waals surface area (Å²) in [4.78, 5) is 9.09. The highest BCUT2D eigenvalue weighted by Crippen LogP contribution is 2.16. The lowest BCUT2D eigenvalue weighted by Gasteiger charge is -2.33. The van der Waals surface area contributed by atoms with Gasteiger partial charge in [-0.2, -0.15) is 0 Å². The van der Waals surface area contributed by atoms with Crippen LogP contribution >= 0.6 is 0 Å². The second-order valence-electron chi connectivity index (χ2n) is 4.20. The average molecular weight is 205 g/mol. The number of rotatable bonds is 2. The Morgan fingerprint density at radius 3 is 2.60 bits per heavy atom.